The normalized spacial score (nSPS) is 25.1. The van der Waals surface area contributed by atoms with Gasteiger partial charge >= 0.3 is 109 Å². The summed E-state index contributed by atoms with van der Waals surface area (Å²) in [7, 11) is 1.79. The molecule has 1 aliphatic rings. The van der Waals surface area contributed by atoms with Crippen molar-refractivity contribution < 1.29 is 19.9 Å². The topological polar surface area (TPSA) is 31.2 Å². The minimum absolute atomic E-state index is 0.0363. The van der Waals surface area contributed by atoms with Crippen LogP contribution in [-0.2, 0) is 27.0 Å². The zero-order valence-corrected chi connectivity index (χ0v) is 13.9. The summed E-state index contributed by atoms with van der Waals surface area (Å²) in [6.45, 7) is 0.856. The SMILES string of the molecule is Cn1cc(C2C[CH]([Zn+][Br])CCO2)ccc1=O. The molecule has 0 aliphatic carbocycles. The second kappa shape index (κ2) is 5.57. The predicted molar refractivity (Wildman–Crippen MR) is 62.3 cm³/mol. The summed E-state index contributed by atoms with van der Waals surface area (Å²) in [4.78, 5) is 11.3. The maximum atomic E-state index is 11.3. The van der Waals surface area contributed by atoms with Gasteiger partial charge in [0.25, 0.3) is 0 Å². The van der Waals surface area contributed by atoms with E-state index in [1.165, 1.54) is 6.42 Å². The second-order valence-electron chi connectivity index (χ2n) is 4.32. The fourth-order valence-electron chi connectivity index (χ4n) is 2.04. The summed E-state index contributed by atoms with van der Waals surface area (Å²) in [5.41, 5.74) is 1.17. The van der Waals surface area contributed by atoms with E-state index < -0.39 is 15.2 Å². The van der Waals surface area contributed by atoms with E-state index in [4.69, 9.17) is 4.74 Å². The van der Waals surface area contributed by atoms with Crippen molar-refractivity contribution in [3.63, 3.8) is 0 Å². The molecule has 2 rings (SSSR count). The van der Waals surface area contributed by atoms with Gasteiger partial charge in [-0.05, 0) is 0 Å². The summed E-state index contributed by atoms with van der Waals surface area (Å²) in [5, 5.41) is 0. The van der Waals surface area contributed by atoms with Crippen LogP contribution < -0.4 is 5.56 Å². The van der Waals surface area contributed by atoms with Gasteiger partial charge in [0.05, 0.1) is 0 Å². The third-order valence-electron chi connectivity index (χ3n) is 3.09. The van der Waals surface area contributed by atoms with E-state index in [1.807, 2.05) is 12.3 Å². The van der Waals surface area contributed by atoms with Crippen LogP contribution in [0.2, 0.25) is 4.51 Å². The first-order valence-corrected chi connectivity index (χ1v) is 14.2. The summed E-state index contributed by atoms with van der Waals surface area (Å²) in [6, 6.07) is 3.52. The van der Waals surface area contributed by atoms with Crippen LogP contribution in [0.3, 0.4) is 0 Å². The molecule has 1 aromatic rings. The molecule has 0 amide bonds. The maximum absolute atomic E-state index is 11.3. The molecule has 3 nitrogen and oxygen atoms in total. The molecule has 0 spiro atoms. The van der Waals surface area contributed by atoms with Crippen LogP contribution in [0, 0.1) is 0 Å². The van der Waals surface area contributed by atoms with Crippen LogP contribution in [-0.4, -0.2) is 11.2 Å². The van der Waals surface area contributed by atoms with Gasteiger partial charge in [0.2, 0.25) is 0 Å². The van der Waals surface area contributed by atoms with Crippen molar-refractivity contribution in [1.29, 1.82) is 0 Å². The van der Waals surface area contributed by atoms with Crippen LogP contribution in [0.1, 0.15) is 24.5 Å². The van der Waals surface area contributed by atoms with Crippen molar-refractivity contribution in [3.05, 3.63) is 34.2 Å². The molecular formula is C11H14BrNO2Zn+. The molecule has 0 radical (unpaired) electrons. The molecule has 1 aromatic heterocycles. The van der Waals surface area contributed by atoms with E-state index in [-0.39, 0.29) is 11.7 Å². The van der Waals surface area contributed by atoms with Gasteiger partial charge in [-0.2, -0.15) is 0 Å². The van der Waals surface area contributed by atoms with Crippen molar-refractivity contribution in [3.8, 4) is 0 Å². The molecule has 2 unspecified atom stereocenters. The van der Waals surface area contributed by atoms with Gasteiger partial charge < -0.3 is 0 Å². The van der Waals surface area contributed by atoms with Crippen molar-refractivity contribution in [2.24, 2.45) is 7.05 Å². The van der Waals surface area contributed by atoms with E-state index in [9.17, 15) is 4.79 Å². The number of ether oxygens (including phenoxy) is 1. The molecule has 2 atom stereocenters. The average Bonchev–Trinajstić information content (AvgIpc) is 2.33. The Morgan fingerprint density at radius 3 is 3.06 bits per heavy atom. The standard InChI is InChI=1S/C11H14NO2.BrH.Zn/c1-12-8-9(5-6-11(12)13)10-4-2-3-7-14-10;;/h2,5-6,8,10H,3-4,7H2,1H3;1H;/q;;+2/p-1. The number of hydrogen-bond donors (Lipinski definition) is 0. The Kier molecular flexibility index (Phi) is 4.34. The van der Waals surface area contributed by atoms with Gasteiger partial charge in [0.15, 0.2) is 0 Å². The van der Waals surface area contributed by atoms with Gasteiger partial charge in [-0.15, -0.1) is 0 Å². The first-order valence-electron chi connectivity index (χ1n) is 5.55. The van der Waals surface area contributed by atoms with Gasteiger partial charge in [0.1, 0.15) is 0 Å². The number of nitrogens with zero attached hydrogens (tertiary/aromatic N) is 1. The second-order valence-corrected chi connectivity index (χ2v) is 10.8. The third kappa shape index (κ3) is 2.82. The molecule has 0 bridgehead atoms. The monoisotopic (exact) mass is 335 g/mol. The molecule has 16 heavy (non-hydrogen) atoms. The van der Waals surface area contributed by atoms with Crippen LogP contribution in [0.25, 0.3) is 0 Å². The zero-order valence-electron chi connectivity index (χ0n) is 9.36. The Morgan fingerprint density at radius 2 is 2.38 bits per heavy atom. The molecule has 1 fully saturated rings. The molecular weight excluding hydrogens is 323 g/mol. The predicted octanol–water partition coefficient (Wildman–Crippen LogP) is 2.42. The molecule has 0 aromatic carbocycles. The number of aryl methyl sites for hydroxylation is 1. The molecule has 83 valence electrons. The zero-order chi connectivity index (χ0) is 11.5. The number of hydrogen-bond acceptors (Lipinski definition) is 2. The van der Waals surface area contributed by atoms with Crippen molar-refractivity contribution in [2.45, 2.75) is 23.5 Å². The molecule has 1 saturated heterocycles. The van der Waals surface area contributed by atoms with Gasteiger partial charge in [0, 0.05) is 0 Å². The van der Waals surface area contributed by atoms with E-state index in [0.29, 0.717) is 0 Å². The van der Waals surface area contributed by atoms with E-state index in [1.54, 1.807) is 17.7 Å². The number of halogens is 1. The molecule has 1 aliphatic heterocycles. The molecule has 0 N–H and O–H groups in total. The first kappa shape index (κ1) is 12.5. The third-order valence-corrected chi connectivity index (χ3v) is 10.3. The molecule has 5 heteroatoms. The fraction of sp³-hybridized carbons (Fsp3) is 0.545. The van der Waals surface area contributed by atoms with Crippen molar-refractivity contribution in [2.75, 3.05) is 6.61 Å². The summed E-state index contributed by atoms with van der Waals surface area (Å²) in [6.07, 6.45) is 4.40. The van der Waals surface area contributed by atoms with Gasteiger partial charge in [-0.1, -0.05) is 0 Å². The first-order chi connectivity index (χ1) is 7.70. The van der Waals surface area contributed by atoms with Gasteiger partial charge in [-0.3, -0.25) is 0 Å². The van der Waals surface area contributed by atoms with E-state index in [2.05, 4.69) is 13.6 Å². The number of aromatic nitrogens is 1. The number of rotatable bonds is 2. The van der Waals surface area contributed by atoms with Crippen LogP contribution in [0.5, 0.6) is 0 Å². The summed E-state index contributed by atoms with van der Waals surface area (Å²) in [5.74, 6) is 0. The Balaban J connectivity index is 2.17. The Labute approximate surface area is 109 Å². The van der Waals surface area contributed by atoms with Crippen molar-refractivity contribution in [1.82, 2.24) is 4.57 Å². The Hall–Kier alpha value is 0.0134. The Bertz CT molecular complexity index is 421. The van der Waals surface area contributed by atoms with Crippen LogP contribution >= 0.6 is 13.6 Å². The molecule has 2 heterocycles. The summed E-state index contributed by atoms with van der Waals surface area (Å²) < 4.78 is 8.27. The minimum atomic E-state index is -0.524. The van der Waals surface area contributed by atoms with Crippen LogP contribution in [0.15, 0.2) is 23.1 Å². The fourth-order valence-corrected chi connectivity index (χ4v) is 6.67. The van der Waals surface area contributed by atoms with E-state index in [0.717, 1.165) is 23.1 Å². The summed E-state index contributed by atoms with van der Waals surface area (Å²) >= 11 is 3.19. The average molecular weight is 338 g/mol. The molecule has 0 saturated carbocycles. The van der Waals surface area contributed by atoms with E-state index >= 15 is 0 Å². The van der Waals surface area contributed by atoms with Crippen molar-refractivity contribution >= 4 is 13.6 Å². The number of pyridine rings is 1. The van der Waals surface area contributed by atoms with Crippen LogP contribution in [0.4, 0.5) is 0 Å². The quantitative estimate of drug-likeness (QED) is 0.776. The Morgan fingerprint density at radius 1 is 1.56 bits per heavy atom. The van der Waals surface area contributed by atoms with Gasteiger partial charge in [-0.25, -0.2) is 0 Å².